The molecular weight excluding hydrogens is 429 g/mol. The molecule has 3 aromatic carbocycles. The van der Waals surface area contributed by atoms with Gasteiger partial charge in [-0.25, -0.2) is 9.37 Å². The van der Waals surface area contributed by atoms with Gasteiger partial charge >= 0.3 is 0 Å². The van der Waals surface area contributed by atoms with Gasteiger partial charge in [-0.15, -0.1) is 0 Å². The molecule has 0 saturated carbocycles. The number of imide groups is 1. The van der Waals surface area contributed by atoms with Crippen molar-refractivity contribution in [3.8, 4) is 5.69 Å². The van der Waals surface area contributed by atoms with E-state index < -0.39 is 5.82 Å². The van der Waals surface area contributed by atoms with Gasteiger partial charge in [-0.3, -0.25) is 23.9 Å². The Morgan fingerprint density at radius 1 is 0.812 bits per heavy atom. The van der Waals surface area contributed by atoms with Crippen LogP contribution in [0.4, 0.5) is 4.39 Å². The van der Waals surface area contributed by atoms with Crippen LogP contribution in [0.1, 0.15) is 20.7 Å². The fourth-order valence-corrected chi connectivity index (χ4v) is 4.65. The molecule has 2 heterocycles. The van der Waals surface area contributed by atoms with E-state index in [1.54, 1.807) is 60.7 Å². The lowest BCUT2D eigenvalue weighted by molar-refractivity contribution is 0.0664. The Morgan fingerprint density at radius 2 is 1.44 bits per heavy atom. The maximum atomic E-state index is 14.6. The predicted molar refractivity (Wildman–Crippen MR) is 120 cm³/mol. The second-order valence-corrected chi connectivity index (χ2v) is 8.22. The van der Waals surface area contributed by atoms with E-state index in [9.17, 15) is 18.8 Å². The summed E-state index contributed by atoms with van der Waals surface area (Å²) in [5.74, 6) is -0.938. The highest BCUT2D eigenvalue weighted by Gasteiger charge is 2.34. The Labute approximate surface area is 186 Å². The number of halogens is 1. The number of carbonyl (C=O) groups excluding carboxylic acids is 2. The van der Waals surface area contributed by atoms with Crippen molar-refractivity contribution in [3.05, 3.63) is 100 Å². The largest absolute Gasteiger partial charge is 0.273 e. The number of benzene rings is 3. The van der Waals surface area contributed by atoms with Crippen LogP contribution in [0.3, 0.4) is 0 Å². The van der Waals surface area contributed by atoms with Crippen molar-refractivity contribution < 1.29 is 14.0 Å². The van der Waals surface area contributed by atoms with Crippen molar-refractivity contribution in [3.63, 3.8) is 0 Å². The minimum atomic E-state index is -0.547. The summed E-state index contributed by atoms with van der Waals surface area (Å²) >= 11 is 1.19. The number of aromatic nitrogens is 2. The van der Waals surface area contributed by atoms with E-state index >= 15 is 0 Å². The number of hydrogen-bond acceptors (Lipinski definition) is 5. The van der Waals surface area contributed by atoms with Gasteiger partial charge in [0.05, 0.1) is 27.7 Å². The zero-order valence-electron chi connectivity index (χ0n) is 16.7. The normalized spacial score (nSPS) is 13.1. The zero-order valence-corrected chi connectivity index (χ0v) is 17.5. The molecule has 1 aromatic heterocycles. The molecule has 0 N–H and O–H groups in total. The highest BCUT2D eigenvalue weighted by atomic mass is 32.2. The highest BCUT2D eigenvalue weighted by Crippen LogP contribution is 2.26. The van der Waals surface area contributed by atoms with E-state index in [0.29, 0.717) is 27.8 Å². The monoisotopic (exact) mass is 445 g/mol. The second-order valence-electron chi connectivity index (χ2n) is 7.16. The minimum Gasteiger partial charge on any atom is -0.273 e. The Kier molecular flexibility index (Phi) is 5.07. The third-order valence-corrected chi connectivity index (χ3v) is 6.18. The molecule has 1 aliphatic heterocycles. The SMILES string of the molecule is O=C1c2ccccc2C(=O)N1CCSc1nc2ccccc2c(=O)n1-c1ccccc1F. The van der Waals surface area contributed by atoms with Crippen LogP contribution in [0, 0.1) is 5.82 Å². The smallest absolute Gasteiger partial charge is 0.266 e. The van der Waals surface area contributed by atoms with Crippen molar-refractivity contribution >= 4 is 34.5 Å². The summed E-state index contributed by atoms with van der Waals surface area (Å²) in [6.45, 7) is 0.136. The molecule has 4 aromatic rings. The van der Waals surface area contributed by atoms with Gasteiger partial charge < -0.3 is 0 Å². The first-order chi connectivity index (χ1) is 15.6. The third-order valence-electron chi connectivity index (χ3n) is 5.26. The molecule has 8 heteroatoms. The summed E-state index contributed by atoms with van der Waals surface area (Å²) in [6, 6.07) is 19.6. The third kappa shape index (κ3) is 3.29. The maximum absolute atomic E-state index is 14.6. The predicted octanol–water partition coefficient (Wildman–Crippen LogP) is 3.91. The van der Waals surface area contributed by atoms with Gasteiger partial charge in [-0.1, -0.05) is 48.2 Å². The summed E-state index contributed by atoms with van der Waals surface area (Å²) in [5, 5.41) is 0.663. The van der Waals surface area contributed by atoms with Gasteiger partial charge in [0.1, 0.15) is 5.82 Å². The van der Waals surface area contributed by atoms with Crippen LogP contribution in [-0.4, -0.2) is 38.6 Å². The molecule has 158 valence electrons. The van der Waals surface area contributed by atoms with Gasteiger partial charge in [0.15, 0.2) is 5.16 Å². The van der Waals surface area contributed by atoms with E-state index in [-0.39, 0.29) is 34.8 Å². The first kappa shape index (κ1) is 20.1. The van der Waals surface area contributed by atoms with Crippen LogP contribution in [-0.2, 0) is 0 Å². The fourth-order valence-electron chi connectivity index (χ4n) is 3.73. The molecule has 0 fully saturated rings. The number of fused-ring (bicyclic) bond motifs is 2. The van der Waals surface area contributed by atoms with E-state index in [0.717, 1.165) is 0 Å². The zero-order chi connectivity index (χ0) is 22.2. The van der Waals surface area contributed by atoms with Crippen LogP contribution in [0.15, 0.2) is 82.7 Å². The van der Waals surface area contributed by atoms with Gasteiger partial charge in [0, 0.05) is 12.3 Å². The molecule has 32 heavy (non-hydrogen) atoms. The van der Waals surface area contributed by atoms with E-state index in [2.05, 4.69) is 4.98 Å². The van der Waals surface area contributed by atoms with Crippen LogP contribution in [0.2, 0.25) is 0 Å². The molecule has 0 spiro atoms. The van der Waals surface area contributed by atoms with Gasteiger partial charge in [-0.2, -0.15) is 0 Å². The summed E-state index contributed by atoms with van der Waals surface area (Å²) in [4.78, 5) is 44.1. The van der Waals surface area contributed by atoms with E-state index in [1.165, 1.54) is 33.4 Å². The molecule has 0 unspecified atom stereocenters. The quantitative estimate of drug-likeness (QED) is 0.265. The molecular formula is C24H16FN3O3S. The topological polar surface area (TPSA) is 72.3 Å². The Bertz CT molecular complexity index is 1420. The minimum absolute atomic E-state index is 0.0963. The lowest BCUT2D eigenvalue weighted by Crippen LogP contribution is -2.32. The van der Waals surface area contributed by atoms with Crippen LogP contribution in [0.5, 0.6) is 0 Å². The number of nitrogens with zero attached hydrogens (tertiary/aromatic N) is 3. The second kappa shape index (κ2) is 8.05. The fraction of sp³-hybridized carbons (Fsp3) is 0.0833. The summed E-state index contributed by atoms with van der Waals surface area (Å²) in [5.41, 5.74) is 0.973. The molecule has 5 rings (SSSR count). The van der Waals surface area contributed by atoms with Crippen LogP contribution in [0.25, 0.3) is 16.6 Å². The van der Waals surface area contributed by atoms with Crippen LogP contribution < -0.4 is 5.56 Å². The van der Waals surface area contributed by atoms with Gasteiger partial charge in [-0.05, 0) is 36.4 Å². The molecule has 2 amide bonds. The number of hydrogen-bond donors (Lipinski definition) is 0. The number of rotatable bonds is 5. The highest BCUT2D eigenvalue weighted by molar-refractivity contribution is 7.99. The summed E-state index contributed by atoms with van der Waals surface area (Å²) in [7, 11) is 0. The van der Waals surface area contributed by atoms with Crippen molar-refractivity contribution in [1.82, 2.24) is 14.5 Å². The molecule has 0 saturated heterocycles. The molecule has 0 radical (unpaired) electrons. The van der Waals surface area contributed by atoms with Crippen molar-refractivity contribution in [2.24, 2.45) is 0 Å². The Balaban J connectivity index is 1.48. The van der Waals surface area contributed by atoms with Gasteiger partial charge in [0.2, 0.25) is 0 Å². The van der Waals surface area contributed by atoms with E-state index in [1.807, 2.05) is 0 Å². The number of thioether (sulfide) groups is 1. The maximum Gasteiger partial charge on any atom is 0.266 e. The van der Waals surface area contributed by atoms with Gasteiger partial charge in [0.25, 0.3) is 17.4 Å². The van der Waals surface area contributed by atoms with Crippen LogP contribution >= 0.6 is 11.8 Å². The molecule has 0 aliphatic carbocycles. The van der Waals surface area contributed by atoms with Crippen molar-refractivity contribution in [2.75, 3.05) is 12.3 Å². The summed E-state index contributed by atoms with van der Waals surface area (Å²) in [6.07, 6.45) is 0. The first-order valence-corrected chi connectivity index (χ1v) is 10.9. The number of carbonyl (C=O) groups is 2. The van der Waals surface area contributed by atoms with Crippen molar-refractivity contribution in [1.29, 1.82) is 0 Å². The van der Waals surface area contributed by atoms with Crippen molar-refractivity contribution in [2.45, 2.75) is 5.16 Å². The first-order valence-electron chi connectivity index (χ1n) is 9.91. The number of para-hydroxylation sites is 2. The number of amides is 2. The summed E-state index contributed by atoms with van der Waals surface area (Å²) < 4.78 is 15.8. The lowest BCUT2D eigenvalue weighted by atomic mass is 10.1. The average molecular weight is 445 g/mol. The molecule has 0 atom stereocenters. The molecule has 0 bridgehead atoms. The molecule has 1 aliphatic rings. The lowest BCUT2D eigenvalue weighted by Gasteiger charge is -2.16. The Hall–Kier alpha value is -3.78. The van der Waals surface area contributed by atoms with E-state index in [4.69, 9.17) is 0 Å². The molecule has 6 nitrogen and oxygen atoms in total. The standard InChI is InChI=1S/C24H16FN3O3S/c25-18-10-4-6-12-20(18)28-23(31)17-9-3-5-11-19(17)26-24(28)32-14-13-27-21(29)15-7-1-2-8-16(15)22(27)30/h1-12H,13-14H2. The Morgan fingerprint density at radius 3 is 2.16 bits per heavy atom. The average Bonchev–Trinajstić information content (AvgIpc) is 3.05.